The Kier molecular flexibility index (Phi) is 3.29. The summed E-state index contributed by atoms with van der Waals surface area (Å²) in [6, 6.07) is 1.83. The molecule has 0 saturated carbocycles. The molecule has 0 radical (unpaired) electrons. The Morgan fingerprint density at radius 2 is 2.17 bits per heavy atom. The SMILES string of the molecule is CCC(CC)c1cc(CO)on1. The van der Waals surface area contributed by atoms with Gasteiger partial charge >= 0.3 is 0 Å². The topological polar surface area (TPSA) is 46.3 Å². The lowest BCUT2D eigenvalue weighted by molar-refractivity contribution is 0.228. The van der Waals surface area contributed by atoms with Gasteiger partial charge in [-0.1, -0.05) is 19.0 Å². The number of aromatic nitrogens is 1. The third-order valence-electron chi connectivity index (χ3n) is 2.14. The van der Waals surface area contributed by atoms with Gasteiger partial charge in [-0.05, 0) is 12.8 Å². The highest BCUT2D eigenvalue weighted by atomic mass is 16.5. The van der Waals surface area contributed by atoms with Crippen LogP contribution in [0.4, 0.5) is 0 Å². The van der Waals surface area contributed by atoms with Gasteiger partial charge in [0, 0.05) is 12.0 Å². The van der Waals surface area contributed by atoms with Gasteiger partial charge in [0.15, 0.2) is 5.76 Å². The molecule has 0 atom stereocenters. The molecule has 1 heterocycles. The molecule has 3 nitrogen and oxygen atoms in total. The number of rotatable bonds is 4. The van der Waals surface area contributed by atoms with Crippen molar-refractivity contribution in [2.24, 2.45) is 0 Å². The summed E-state index contributed by atoms with van der Waals surface area (Å²) in [6.45, 7) is 4.19. The first-order chi connectivity index (χ1) is 5.81. The lowest BCUT2D eigenvalue weighted by Crippen LogP contribution is -1.94. The van der Waals surface area contributed by atoms with Gasteiger partial charge < -0.3 is 9.63 Å². The number of hydrogen-bond acceptors (Lipinski definition) is 3. The van der Waals surface area contributed by atoms with Crippen LogP contribution in [0.15, 0.2) is 10.6 Å². The minimum absolute atomic E-state index is 0.0624. The Hall–Kier alpha value is -0.830. The fraction of sp³-hybridized carbons (Fsp3) is 0.667. The van der Waals surface area contributed by atoms with Crippen LogP contribution in [0, 0.1) is 0 Å². The quantitative estimate of drug-likeness (QED) is 0.750. The van der Waals surface area contributed by atoms with E-state index in [9.17, 15) is 0 Å². The average Bonchev–Trinajstić information content (AvgIpc) is 2.55. The molecule has 0 spiro atoms. The molecule has 1 aromatic rings. The fourth-order valence-corrected chi connectivity index (χ4v) is 1.30. The number of hydrogen-bond donors (Lipinski definition) is 1. The Balaban J connectivity index is 2.72. The molecule has 0 aliphatic heterocycles. The highest BCUT2D eigenvalue weighted by Crippen LogP contribution is 2.22. The van der Waals surface area contributed by atoms with Crippen molar-refractivity contribution in [2.45, 2.75) is 39.2 Å². The molecular weight excluding hydrogens is 154 g/mol. The zero-order valence-corrected chi connectivity index (χ0v) is 7.58. The molecule has 0 amide bonds. The molecule has 68 valence electrons. The first-order valence-corrected chi connectivity index (χ1v) is 4.38. The van der Waals surface area contributed by atoms with E-state index in [4.69, 9.17) is 9.63 Å². The van der Waals surface area contributed by atoms with Crippen molar-refractivity contribution in [1.82, 2.24) is 5.16 Å². The summed E-state index contributed by atoms with van der Waals surface area (Å²) < 4.78 is 4.90. The molecule has 1 N–H and O–H groups in total. The molecule has 0 saturated heterocycles. The molecule has 0 aliphatic carbocycles. The van der Waals surface area contributed by atoms with E-state index in [2.05, 4.69) is 19.0 Å². The second-order valence-electron chi connectivity index (χ2n) is 2.89. The summed E-state index contributed by atoms with van der Waals surface area (Å²) >= 11 is 0. The minimum atomic E-state index is -0.0624. The largest absolute Gasteiger partial charge is 0.388 e. The highest BCUT2D eigenvalue weighted by molar-refractivity contribution is 5.09. The molecule has 0 aromatic carbocycles. The van der Waals surface area contributed by atoms with Crippen LogP contribution in [0.5, 0.6) is 0 Å². The monoisotopic (exact) mass is 169 g/mol. The third-order valence-corrected chi connectivity index (χ3v) is 2.14. The van der Waals surface area contributed by atoms with E-state index >= 15 is 0 Å². The Morgan fingerprint density at radius 1 is 1.50 bits per heavy atom. The van der Waals surface area contributed by atoms with E-state index in [-0.39, 0.29) is 6.61 Å². The highest BCUT2D eigenvalue weighted by Gasteiger charge is 2.11. The standard InChI is InChI=1S/C9H15NO2/c1-3-7(4-2)9-5-8(6-11)12-10-9/h5,7,11H,3-4,6H2,1-2H3. The molecule has 3 heteroatoms. The summed E-state index contributed by atoms with van der Waals surface area (Å²) in [5.41, 5.74) is 0.962. The average molecular weight is 169 g/mol. The molecule has 0 bridgehead atoms. The van der Waals surface area contributed by atoms with E-state index in [0.717, 1.165) is 18.5 Å². The normalized spacial score (nSPS) is 11.0. The third kappa shape index (κ3) is 1.85. The smallest absolute Gasteiger partial charge is 0.162 e. The van der Waals surface area contributed by atoms with Crippen LogP contribution in [0.3, 0.4) is 0 Å². The van der Waals surface area contributed by atoms with Gasteiger partial charge in [0.05, 0.1) is 5.69 Å². The second-order valence-corrected chi connectivity index (χ2v) is 2.89. The van der Waals surface area contributed by atoms with E-state index < -0.39 is 0 Å². The van der Waals surface area contributed by atoms with E-state index in [1.165, 1.54) is 0 Å². The predicted molar refractivity (Wildman–Crippen MR) is 45.7 cm³/mol. The van der Waals surface area contributed by atoms with Gasteiger partial charge in [-0.3, -0.25) is 0 Å². The van der Waals surface area contributed by atoms with Crippen LogP contribution in [0.1, 0.15) is 44.1 Å². The van der Waals surface area contributed by atoms with Crippen LogP contribution in [0.25, 0.3) is 0 Å². The van der Waals surface area contributed by atoms with Crippen molar-refractivity contribution in [3.05, 3.63) is 17.5 Å². The first kappa shape index (κ1) is 9.26. The van der Waals surface area contributed by atoms with E-state index in [0.29, 0.717) is 11.7 Å². The van der Waals surface area contributed by atoms with Crippen molar-refractivity contribution in [3.63, 3.8) is 0 Å². The van der Waals surface area contributed by atoms with Crippen LogP contribution < -0.4 is 0 Å². The number of nitrogens with zero attached hydrogens (tertiary/aromatic N) is 1. The molecule has 1 rings (SSSR count). The van der Waals surface area contributed by atoms with Gasteiger partial charge in [-0.2, -0.15) is 0 Å². The van der Waals surface area contributed by atoms with Gasteiger partial charge in [0.2, 0.25) is 0 Å². The van der Waals surface area contributed by atoms with Crippen molar-refractivity contribution in [1.29, 1.82) is 0 Å². The predicted octanol–water partition coefficient (Wildman–Crippen LogP) is 2.07. The summed E-state index contributed by atoms with van der Waals surface area (Å²) in [7, 11) is 0. The van der Waals surface area contributed by atoms with E-state index in [1.54, 1.807) is 0 Å². The lowest BCUT2D eigenvalue weighted by atomic mass is 10.00. The maximum Gasteiger partial charge on any atom is 0.162 e. The maximum atomic E-state index is 8.74. The molecule has 0 fully saturated rings. The van der Waals surface area contributed by atoms with Gasteiger partial charge in [0.1, 0.15) is 6.61 Å². The van der Waals surface area contributed by atoms with Crippen LogP contribution in [0.2, 0.25) is 0 Å². The van der Waals surface area contributed by atoms with Gasteiger partial charge in [0.25, 0.3) is 0 Å². The Bertz CT molecular complexity index is 228. The second kappa shape index (κ2) is 4.26. The summed E-state index contributed by atoms with van der Waals surface area (Å²) in [5, 5.41) is 12.6. The van der Waals surface area contributed by atoms with Crippen molar-refractivity contribution >= 4 is 0 Å². The van der Waals surface area contributed by atoms with Crippen LogP contribution in [-0.2, 0) is 6.61 Å². The fourth-order valence-electron chi connectivity index (χ4n) is 1.30. The Labute approximate surface area is 72.4 Å². The molecule has 1 aromatic heterocycles. The number of aliphatic hydroxyl groups excluding tert-OH is 1. The summed E-state index contributed by atoms with van der Waals surface area (Å²) in [4.78, 5) is 0. The zero-order chi connectivity index (χ0) is 8.97. The van der Waals surface area contributed by atoms with Crippen LogP contribution >= 0.6 is 0 Å². The van der Waals surface area contributed by atoms with Crippen molar-refractivity contribution in [2.75, 3.05) is 0 Å². The van der Waals surface area contributed by atoms with Crippen molar-refractivity contribution < 1.29 is 9.63 Å². The Morgan fingerprint density at radius 3 is 2.58 bits per heavy atom. The summed E-state index contributed by atoms with van der Waals surface area (Å²) in [5.74, 6) is 1.02. The molecule has 0 unspecified atom stereocenters. The molecular formula is C9H15NO2. The molecule has 0 aliphatic rings. The maximum absolute atomic E-state index is 8.74. The minimum Gasteiger partial charge on any atom is -0.388 e. The number of aliphatic hydroxyl groups is 1. The lowest BCUT2D eigenvalue weighted by Gasteiger charge is -2.05. The van der Waals surface area contributed by atoms with Gasteiger partial charge in [-0.15, -0.1) is 0 Å². The zero-order valence-electron chi connectivity index (χ0n) is 7.58. The molecule has 12 heavy (non-hydrogen) atoms. The summed E-state index contributed by atoms with van der Waals surface area (Å²) in [6.07, 6.45) is 2.13. The first-order valence-electron chi connectivity index (χ1n) is 4.38. The van der Waals surface area contributed by atoms with E-state index in [1.807, 2.05) is 6.07 Å². The van der Waals surface area contributed by atoms with Gasteiger partial charge in [-0.25, -0.2) is 0 Å². The van der Waals surface area contributed by atoms with Crippen molar-refractivity contribution in [3.8, 4) is 0 Å². The van der Waals surface area contributed by atoms with Crippen LogP contribution in [-0.4, -0.2) is 10.3 Å².